The summed E-state index contributed by atoms with van der Waals surface area (Å²) in [5, 5.41) is 17.9. The number of aromatic amines is 1. The number of hydrogen-bond donors (Lipinski definition) is 2. The van der Waals surface area contributed by atoms with Gasteiger partial charge in [0, 0.05) is 6.54 Å². The Balaban J connectivity index is 1.88. The lowest BCUT2D eigenvalue weighted by Crippen LogP contribution is -2.10. The summed E-state index contributed by atoms with van der Waals surface area (Å²) in [6.07, 6.45) is 3.05. The first-order valence-electron chi connectivity index (χ1n) is 5.17. The van der Waals surface area contributed by atoms with Crippen LogP contribution < -0.4 is 5.73 Å². The zero-order valence-corrected chi connectivity index (χ0v) is 9.19. The molecule has 0 radical (unpaired) electrons. The lowest BCUT2D eigenvalue weighted by Gasteiger charge is -1.91. The second kappa shape index (κ2) is 4.33. The first kappa shape index (κ1) is 10.5. The quantitative estimate of drug-likeness (QED) is 0.603. The van der Waals surface area contributed by atoms with Gasteiger partial charge in [-0.25, -0.2) is 4.98 Å². The van der Waals surface area contributed by atoms with E-state index in [1.165, 1.54) is 6.33 Å². The van der Waals surface area contributed by atoms with Gasteiger partial charge in [-0.2, -0.15) is 10.1 Å². The third-order valence-electron chi connectivity index (χ3n) is 2.17. The van der Waals surface area contributed by atoms with E-state index >= 15 is 0 Å². The molecular weight excluding hydrogens is 238 g/mol. The number of aromatic nitrogens is 8. The molecule has 92 valence electrons. The van der Waals surface area contributed by atoms with Crippen molar-refractivity contribution in [1.29, 1.82) is 0 Å². The highest BCUT2D eigenvalue weighted by Crippen LogP contribution is 2.17. The third-order valence-corrected chi connectivity index (χ3v) is 2.17. The maximum Gasteiger partial charge on any atom is 0.280 e. The van der Waals surface area contributed by atoms with Gasteiger partial charge in [-0.05, 0) is 0 Å². The Bertz CT molecular complexity index is 625. The highest BCUT2D eigenvalue weighted by atomic mass is 16.5. The van der Waals surface area contributed by atoms with Crippen LogP contribution in [0.4, 0.5) is 0 Å². The summed E-state index contributed by atoms with van der Waals surface area (Å²) in [6.45, 7) is 1.06. The van der Waals surface area contributed by atoms with Gasteiger partial charge in [0.2, 0.25) is 5.82 Å². The van der Waals surface area contributed by atoms with Crippen molar-refractivity contribution in [2.24, 2.45) is 5.73 Å². The first-order chi connectivity index (χ1) is 8.86. The second-order valence-corrected chi connectivity index (χ2v) is 3.41. The van der Waals surface area contributed by atoms with Crippen LogP contribution in [0.1, 0.15) is 0 Å². The summed E-state index contributed by atoms with van der Waals surface area (Å²) < 4.78 is 6.67. The molecule has 0 atom stereocenters. The zero-order valence-electron chi connectivity index (χ0n) is 9.19. The van der Waals surface area contributed by atoms with E-state index in [2.05, 4.69) is 35.6 Å². The molecule has 10 heteroatoms. The van der Waals surface area contributed by atoms with E-state index in [-0.39, 0.29) is 5.89 Å². The Labute approximate surface area is 100 Å². The van der Waals surface area contributed by atoms with E-state index in [1.54, 1.807) is 10.9 Å². The second-order valence-electron chi connectivity index (χ2n) is 3.41. The normalized spacial score (nSPS) is 10.9. The smallest absolute Gasteiger partial charge is 0.280 e. The molecule has 0 amide bonds. The molecule has 0 bridgehead atoms. The molecule has 0 spiro atoms. The lowest BCUT2D eigenvalue weighted by molar-refractivity contribution is 0.430. The molecule has 3 rings (SSSR count). The van der Waals surface area contributed by atoms with Crippen LogP contribution in [-0.2, 0) is 6.54 Å². The van der Waals surface area contributed by atoms with Crippen molar-refractivity contribution < 1.29 is 4.52 Å². The van der Waals surface area contributed by atoms with E-state index in [4.69, 9.17) is 10.3 Å². The van der Waals surface area contributed by atoms with Crippen LogP contribution in [0.2, 0.25) is 0 Å². The first-order valence-corrected chi connectivity index (χ1v) is 5.17. The minimum absolute atomic E-state index is 0.268. The minimum Gasteiger partial charge on any atom is -0.332 e. The van der Waals surface area contributed by atoms with Crippen molar-refractivity contribution in [3.05, 3.63) is 12.5 Å². The molecule has 18 heavy (non-hydrogen) atoms. The van der Waals surface area contributed by atoms with Crippen molar-refractivity contribution in [3.8, 4) is 23.2 Å². The van der Waals surface area contributed by atoms with Gasteiger partial charge in [0.05, 0.1) is 12.7 Å². The summed E-state index contributed by atoms with van der Waals surface area (Å²) in [6, 6.07) is 0. The molecule has 0 unspecified atom stereocenters. The molecule has 3 aromatic rings. The van der Waals surface area contributed by atoms with E-state index in [0.717, 1.165) is 0 Å². The Kier molecular flexibility index (Phi) is 2.53. The molecular formula is C8H9N9O. The molecule has 3 heterocycles. The summed E-state index contributed by atoms with van der Waals surface area (Å²) in [5.74, 6) is 1.01. The molecule has 0 fully saturated rings. The molecule has 0 aliphatic rings. The van der Waals surface area contributed by atoms with Crippen molar-refractivity contribution in [2.45, 2.75) is 6.54 Å². The van der Waals surface area contributed by atoms with Gasteiger partial charge >= 0.3 is 0 Å². The topological polar surface area (TPSA) is 137 Å². The maximum absolute atomic E-state index is 5.42. The average Bonchev–Trinajstić information content (AvgIpc) is 3.10. The zero-order chi connectivity index (χ0) is 12.4. The monoisotopic (exact) mass is 247 g/mol. The van der Waals surface area contributed by atoms with Crippen LogP contribution in [0.15, 0.2) is 17.0 Å². The van der Waals surface area contributed by atoms with Gasteiger partial charge in [0.25, 0.3) is 5.89 Å². The average molecular weight is 247 g/mol. The van der Waals surface area contributed by atoms with Crippen LogP contribution >= 0.6 is 0 Å². The van der Waals surface area contributed by atoms with Crippen molar-refractivity contribution in [2.75, 3.05) is 6.54 Å². The molecule has 0 aliphatic carbocycles. The number of hydrogen-bond acceptors (Lipinski definition) is 8. The van der Waals surface area contributed by atoms with E-state index < -0.39 is 0 Å². The summed E-state index contributed by atoms with van der Waals surface area (Å²) in [7, 11) is 0. The van der Waals surface area contributed by atoms with Gasteiger partial charge in [-0.3, -0.25) is 9.78 Å². The van der Waals surface area contributed by atoms with Gasteiger partial charge < -0.3 is 10.3 Å². The highest BCUT2D eigenvalue weighted by Gasteiger charge is 2.15. The van der Waals surface area contributed by atoms with Crippen LogP contribution in [0.5, 0.6) is 0 Å². The fourth-order valence-electron chi connectivity index (χ4n) is 1.37. The number of nitrogens with zero attached hydrogens (tertiary/aromatic N) is 7. The largest absolute Gasteiger partial charge is 0.332 e. The fraction of sp³-hybridized carbons (Fsp3) is 0.250. The molecule has 3 N–H and O–H groups in total. The predicted octanol–water partition coefficient (Wildman–Crippen LogP) is -0.928. The van der Waals surface area contributed by atoms with Gasteiger partial charge in [-0.1, -0.05) is 10.4 Å². The van der Waals surface area contributed by atoms with Crippen LogP contribution in [0.25, 0.3) is 23.2 Å². The Morgan fingerprint density at radius 1 is 1.44 bits per heavy atom. The Morgan fingerprint density at radius 2 is 2.39 bits per heavy atom. The molecule has 0 saturated heterocycles. The third kappa shape index (κ3) is 1.84. The molecule has 10 nitrogen and oxygen atoms in total. The van der Waals surface area contributed by atoms with Crippen molar-refractivity contribution in [1.82, 2.24) is 40.3 Å². The standard InChI is InChI=1S/C8H9N9O/c9-1-2-17-3-5(13-16-17)8-12-7(15-18-8)6-10-4-11-14-6/h3-4H,1-2,9H2,(H,10,11,14). The van der Waals surface area contributed by atoms with E-state index in [1.807, 2.05) is 0 Å². The van der Waals surface area contributed by atoms with E-state index in [9.17, 15) is 0 Å². The Hall–Kier alpha value is -2.62. The van der Waals surface area contributed by atoms with Crippen LogP contribution in [0.3, 0.4) is 0 Å². The van der Waals surface area contributed by atoms with Crippen molar-refractivity contribution >= 4 is 0 Å². The maximum atomic E-state index is 5.42. The van der Waals surface area contributed by atoms with Gasteiger partial charge in [0.15, 0.2) is 11.5 Å². The van der Waals surface area contributed by atoms with E-state index in [0.29, 0.717) is 30.4 Å². The van der Waals surface area contributed by atoms with Crippen LogP contribution in [0, 0.1) is 0 Å². The molecule has 0 aromatic carbocycles. The summed E-state index contributed by atoms with van der Waals surface area (Å²) >= 11 is 0. The number of nitrogens with one attached hydrogen (secondary N) is 1. The SMILES string of the molecule is NCCn1cc(-c2nc(-c3ncn[nH]3)no2)nn1. The van der Waals surface area contributed by atoms with Gasteiger partial charge in [0.1, 0.15) is 6.33 Å². The number of rotatable bonds is 4. The minimum atomic E-state index is 0.268. The summed E-state index contributed by atoms with van der Waals surface area (Å²) in [4.78, 5) is 8.06. The van der Waals surface area contributed by atoms with Crippen molar-refractivity contribution in [3.63, 3.8) is 0 Å². The fourth-order valence-corrected chi connectivity index (χ4v) is 1.37. The number of nitrogens with two attached hydrogens (primary N) is 1. The molecule has 0 aliphatic heterocycles. The summed E-state index contributed by atoms with van der Waals surface area (Å²) in [5.41, 5.74) is 5.91. The lowest BCUT2D eigenvalue weighted by atomic mass is 10.4. The molecule has 3 aromatic heterocycles. The van der Waals surface area contributed by atoms with Gasteiger partial charge in [-0.15, -0.1) is 5.10 Å². The Morgan fingerprint density at radius 3 is 3.17 bits per heavy atom. The highest BCUT2D eigenvalue weighted by molar-refractivity contribution is 5.49. The number of H-pyrrole nitrogens is 1. The molecule has 0 saturated carbocycles. The predicted molar refractivity (Wildman–Crippen MR) is 57.7 cm³/mol. The van der Waals surface area contributed by atoms with Crippen LogP contribution in [-0.4, -0.2) is 46.9 Å².